The third-order valence-corrected chi connectivity index (χ3v) is 2.97. The fourth-order valence-corrected chi connectivity index (χ4v) is 1.90. The summed E-state index contributed by atoms with van der Waals surface area (Å²) in [7, 11) is 0. The van der Waals surface area contributed by atoms with E-state index in [1.165, 1.54) is 0 Å². The molecule has 94 valence electrons. The number of aryl methyl sites for hydroxylation is 1. The highest BCUT2D eigenvalue weighted by Gasteiger charge is 2.01. The lowest BCUT2D eigenvalue weighted by atomic mass is 10.1. The smallest absolute Gasteiger partial charge is 0.122 e. The van der Waals surface area contributed by atoms with Gasteiger partial charge in [0.2, 0.25) is 0 Å². The molecule has 0 aromatic heterocycles. The molecule has 0 aliphatic heterocycles. The molecule has 0 atom stereocenters. The van der Waals surface area contributed by atoms with Gasteiger partial charge in [-0.15, -0.1) is 0 Å². The van der Waals surface area contributed by atoms with E-state index in [0.29, 0.717) is 11.6 Å². The standard InChI is InChI=1S/C15H15ClO2/c1-11-8-14(16)6-7-15(11)18-10-13-4-2-12(9-17)3-5-13/h2-8,17H,9-10H2,1H3. The summed E-state index contributed by atoms with van der Waals surface area (Å²) in [4.78, 5) is 0. The molecule has 0 spiro atoms. The van der Waals surface area contributed by atoms with Crippen LogP contribution in [0, 0.1) is 6.92 Å². The lowest BCUT2D eigenvalue weighted by Gasteiger charge is -2.09. The van der Waals surface area contributed by atoms with Crippen molar-refractivity contribution in [2.45, 2.75) is 20.1 Å². The van der Waals surface area contributed by atoms with E-state index in [0.717, 1.165) is 22.4 Å². The van der Waals surface area contributed by atoms with Crippen molar-refractivity contribution < 1.29 is 9.84 Å². The Labute approximate surface area is 112 Å². The molecule has 0 unspecified atom stereocenters. The third kappa shape index (κ3) is 3.25. The van der Waals surface area contributed by atoms with Crippen LogP contribution in [0.2, 0.25) is 5.02 Å². The Morgan fingerprint density at radius 3 is 2.33 bits per heavy atom. The van der Waals surface area contributed by atoms with Crippen LogP contribution < -0.4 is 4.74 Å². The number of benzene rings is 2. The predicted molar refractivity (Wildman–Crippen MR) is 72.9 cm³/mol. The van der Waals surface area contributed by atoms with Gasteiger partial charge >= 0.3 is 0 Å². The molecule has 0 bridgehead atoms. The second kappa shape index (κ2) is 5.89. The molecule has 1 N–H and O–H groups in total. The second-order valence-electron chi connectivity index (χ2n) is 4.17. The summed E-state index contributed by atoms with van der Waals surface area (Å²) in [5, 5.41) is 9.67. The predicted octanol–water partition coefficient (Wildman–Crippen LogP) is 3.72. The van der Waals surface area contributed by atoms with Crippen LogP contribution in [0.5, 0.6) is 5.75 Å². The zero-order valence-corrected chi connectivity index (χ0v) is 10.9. The maximum absolute atomic E-state index is 8.96. The van der Waals surface area contributed by atoms with Gasteiger partial charge in [-0.25, -0.2) is 0 Å². The molecule has 0 aliphatic carbocycles. The van der Waals surface area contributed by atoms with Gasteiger partial charge in [0.05, 0.1) is 6.61 Å². The van der Waals surface area contributed by atoms with E-state index in [4.69, 9.17) is 21.4 Å². The normalized spacial score (nSPS) is 10.4. The molecule has 0 heterocycles. The molecule has 2 aromatic carbocycles. The molecule has 2 rings (SSSR count). The van der Waals surface area contributed by atoms with Gasteiger partial charge in [0.25, 0.3) is 0 Å². The summed E-state index contributed by atoms with van der Waals surface area (Å²) in [5.74, 6) is 0.839. The molecule has 3 heteroatoms. The molecule has 0 aliphatic rings. The SMILES string of the molecule is Cc1cc(Cl)ccc1OCc1ccc(CO)cc1. The van der Waals surface area contributed by atoms with Crippen LogP contribution in [0.4, 0.5) is 0 Å². The quantitative estimate of drug-likeness (QED) is 0.910. The minimum absolute atomic E-state index is 0.0669. The highest BCUT2D eigenvalue weighted by Crippen LogP contribution is 2.22. The van der Waals surface area contributed by atoms with Crippen molar-refractivity contribution >= 4 is 11.6 Å². The van der Waals surface area contributed by atoms with Gasteiger partial charge in [-0.2, -0.15) is 0 Å². The lowest BCUT2D eigenvalue weighted by Crippen LogP contribution is -1.97. The number of aliphatic hydroxyl groups is 1. The summed E-state index contributed by atoms with van der Waals surface area (Å²) in [5.41, 5.74) is 3.00. The minimum atomic E-state index is 0.0669. The van der Waals surface area contributed by atoms with Gasteiger partial charge in [-0.05, 0) is 41.8 Å². The minimum Gasteiger partial charge on any atom is -0.489 e. The molecule has 0 fully saturated rings. The summed E-state index contributed by atoms with van der Waals surface area (Å²) in [6.07, 6.45) is 0. The number of ether oxygens (including phenoxy) is 1. The molecular formula is C15H15ClO2. The molecule has 0 saturated heterocycles. The lowest BCUT2D eigenvalue weighted by molar-refractivity contribution is 0.281. The zero-order valence-electron chi connectivity index (χ0n) is 10.2. The average Bonchev–Trinajstić information content (AvgIpc) is 2.38. The summed E-state index contributed by atoms with van der Waals surface area (Å²) < 4.78 is 5.73. The van der Waals surface area contributed by atoms with Gasteiger partial charge in [0, 0.05) is 5.02 Å². The van der Waals surface area contributed by atoms with Crippen LogP contribution in [0.25, 0.3) is 0 Å². The number of rotatable bonds is 4. The van der Waals surface area contributed by atoms with Crippen LogP contribution in [-0.2, 0) is 13.2 Å². The number of hydrogen-bond donors (Lipinski definition) is 1. The Morgan fingerprint density at radius 1 is 1.06 bits per heavy atom. The number of hydrogen-bond acceptors (Lipinski definition) is 2. The van der Waals surface area contributed by atoms with E-state index in [1.807, 2.05) is 49.4 Å². The van der Waals surface area contributed by atoms with E-state index in [-0.39, 0.29) is 6.61 Å². The van der Waals surface area contributed by atoms with E-state index in [9.17, 15) is 0 Å². The van der Waals surface area contributed by atoms with E-state index in [2.05, 4.69) is 0 Å². The van der Waals surface area contributed by atoms with Gasteiger partial charge < -0.3 is 9.84 Å². The van der Waals surface area contributed by atoms with Crippen molar-refractivity contribution in [1.29, 1.82) is 0 Å². The Bertz CT molecular complexity index is 521. The van der Waals surface area contributed by atoms with Crippen LogP contribution in [0.3, 0.4) is 0 Å². The third-order valence-electron chi connectivity index (χ3n) is 2.74. The molecule has 2 aromatic rings. The van der Waals surface area contributed by atoms with Crippen LogP contribution >= 0.6 is 11.6 Å². The first-order valence-corrected chi connectivity index (χ1v) is 6.14. The highest BCUT2D eigenvalue weighted by atomic mass is 35.5. The van der Waals surface area contributed by atoms with Gasteiger partial charge in [0.15, 0.2) is 0 Å². The maximum atomic E-state index is 8.96. The molecule has 0 saturated carbocycles. The molecule has 0 radical (unpaired) electrons. The highest BCUT2D eigenvalue weighted by molar-refractivity contribution is 6.30. The van der Waals surface area contributed by atoms with Gasteiger partial charge in [0.1, 0.15) is 12.4 Å². The van der Waals surface area contributed by atoms with E-state index in [1.54, 1.807) is 0 Å². The monoisotopic (exact) mass is 262 g/mol. The summed E-state index contributed by atoms with van der Waals surface area (Å²) in [6.45, 7) is 2.54. The number of aliphatic hydroxyl groups excluding tert-OH is 1. The van der Waals surface area contributed by atoms with E-state index < -0.39 is 0 Å². The first-order chi connectivity index (χ1) is 8.69. The van der Waals surface area contributed by atoms with Crippen LogP contribution in [0.1, 0.15) is 16.7 Å². The number of halogens is 1. The molecule has 0 amide bonds. The maximum Gasteiger partial charge on any atom is 0.122 e. The zero-order chi connectivity index (χ0) is 13.0. The Morgan fingerprint density at radius 2 is 1.72 bits per heavy atom. The van der Waals surface area contributed by atoms with Crippen molar-refractivity contribution in [3.63, 3.8) is 0 Å². The average molecular weight is 263 g/mol. The topological polar surface area (TPSA) is 29.5 Å². The molecule has 2 nitrogen and oxygen atoms in total. The Hall–Kier alpha value is -1.51. The van der Waals surface area contributed by atoms with Gasteiger partial charge in [-0.3, -0.25) is 0 Å². The second-order valence-corrected chi connectivity index (χ2v) is 4.61. The molecule has 18 heavy (non-hydrogen) atoms. The molecular weight excluding hydrogens is 248 g/mol. The summed E-state index contributed by atoms with van der Waals surface area (Å²) in [6, 6.07) is 13.3. The van der Waals surface area contributed by atoms with Crippen molar-refractivity contribution in [2.24, 2.45) is 0 Å². The van der Waals surface area contributed by atoms with Crippen molar-refractivity contribution in [1.82, 2.24) is 0 Å². The van der Waals surface area contributed by atoms with Crippen molar-refractivity contribution in [2.75, 3.05) is 0 Å². The Kier molecular flexibility index (Phi) is 4.24. The van der Waals surface area contributed by atoms with Crippen LogP contribution in [-0.4, -0.2) is 5.11 Å². The van der Waals surface area contributed by atoms with Crippen molar-refractivity contribution in [3.8, 4) is 5.75 Å². The van der Waals surface area contributed by atoms with Crippen molar-refractivity contribution in [3.05, 3.63) is 64.2 Å². The fraction of sp³-hybridized carbons (Fsp3) is 0.200. The van der Waals surface area contributed by atoms with Gasteiger partial charge in [-0.1, -0.05) is 35.9 Å². The Balaban J connectivity index is 2.02. The summed E-state index contributed by atoms with van der Waals surface area (Å²) >= 11 is 5.89. The first kappa shape index (κ1) is 12.9. The fourth-order valence-electron chi connectivity index (χ4n) is 1.68. The largest absolute Gasteiger partial charge is 0.489 e. The van der Waals surface area contributed by atoms with E-state index >= 15 is 0 Å². The van der Waals surface area contributed by atoms with Crippen LogP contribution in [0.15, 0.2) is 42.5 Å². The first-order valence-electron chi connectivity index (χ1n) is 5.76.